The summed E-state index contributed by atoms with van der Waals surface area (Å²) in [5, 5.41) is 4.47. The van der Waals surface area contributed by atoms with Gasteiger partial charge < -0.3 is 5.73 Å². The number of rotatable bonds is 6. The normalized spacial score (nSPS) is 27.9. The van der Waals surface area contributed by atoms with Gasteiger partial charge in [0.15, 0.2) is 0 Å². The van der Waals surface area contributed by atoms with Crippen LogP contribution in [0.15, 0.2) is 16.8 Å². The minimum atomic E-state index is 0.202. The Kier molecular flexibility index (Phi) is 4.18. The maximum Gasteiger partial charge on any atom is 0.0477 e. The fourth-order valence-corrected chi connectivity index (χ4v) is 4.16. The third kappa shape index (κ3) is 2.80. The second kappa shape index (κ2) is 5.76. The minimum Gasteiger partial charge on any atom is -0.329 e. The number of likely N-dealkylation sites (tertiary alicyclic amines) is 1. The lowest BCUT2D eigenvalue weighted by atomic mass is 9.95. The lowest BCUT2D eigenvalue weighted by molar-refractivity contribution is 0.0776. The SMILES string of the molecule is CC(C)N1CCC(CN)(N(Cc2ccsc2)C2CC2)C1. The van der Waals surface area contributed by atoms with Crippen LogP contribution in [0.1, 0.15) is 38.7 Å². The Morgan fingerprint density at radius 2 is 2.30 bits per heavy atom. The van der Waals surface area contributed by atoms with E-state index < -0.39 is 0 Å². The van der Waals surface area contributed by atoms with E-state index in [2.05, 4.69) is 40.5 Å². The third-order valence-electron chi connectivity index (χ3n) is 5.00. The molecule has 0 spiro atoms. The van der Waals surface area contributed by atoms with Gasteiger partial charge in [-0.2, -0.15) is 11.3 Å². The predicted molar refractivity (Wildman–Crippen MR) is 86.0 cm³/mol. The number of thiophene rings is 1. The molecule has 0 aromatic carbocycles. The van der Waals surface area contributed by atoms with Crippen molar-refractivity contribution >= 4 is 11.3 Å². The van der Waals surface area contributed by atoms with Gasteiger partial charge in [-0.25, -0.2) is 0 Å². The molecule has 20 heavy (non-hydrogen) atoms. The first-order valence-electron chi connectivity index (χ1n) is 7.86. The molecule has 0 bridgehead atoms. The fraction of sp³-hybridized carbons (Fsp3) is 0.750. The van der Waals surface area contributed by atoms with Gasteiger partial charge in [0, 0.05) is 43.8 Å². The van der Waals surface area contributed by atoms with Crippen LogP contribution in [0.5, 0.6) is 0 Å². The van der Waals surface area contributed by atoms with Crippen LogP contribution in [0.25, 0.3) is 0 Å². The first kappa shape index (κ1) is 14.5. The van der Waals surface area contributed by atoms with Crippen LogP contribution in [-0.2, 0) is 6.54 Å². The molecule has 1 aromatic rings. The quantitative estimate of drug-likeness (QED) is 0.875. The highest BCUT2D eigenvalue weighted by molar-refractivity contribution is 7.07. The van der Waals surface area contributed by atoms with Gasteiger partial charge >= 0.3 is 0 Å². The molecule has 2 fully saturated rings. The molecular formula is C16H27N3S. The topological polar surface area (TPSA) is 32.5 Å². The Hall–Kier alpha value is -0.420. The largest absolute Gasteiger partial charge is 0.329 e. The molecule has 3 nitrogen and oxygen atoms in total. The van der Waals surface area contributed by atoms with Crippen molar-refractivity contribution in [1.29, 1.82) is 0 Å². The molecular weight excluding hydrogens is 266 g/mol. The summed E-state index contributed by atoms with van der Waals surface area (Å²) in [6.07, 6.45) is 3.93. The molecule has 1 saturated heterocycles. The van der Waals surface area contributed by atoms with E-state index in [9.17, 15) is 0 Å². The van der Waals surface area contributed by atoms with E-state index >= 15 is 0 Å². The van der Waals surface area contributed by atoms with Crippen LogP contribution >= 0.6 is 11.3 Å². The van der Waals surface area contributed by atoms with Gasteiger partial charge in [0.2, 0.25) is 0 Å². The van der Waals surface area contributed by atoms with Crippen LogP contribution in [0.2, 0.25) is 0 Å². The zero-order valence-electron chi connectivity index (χ0n) is 12.7. The maximum absolute atomic E-state index is 6.26. The molecule has 2 aliphatic rings. The number of hydrogen-bond donors (Lipinski definition) is 1. The summed E-state index contributed by atoms with van der Waals surface area (Å²) in [7, 11) is 0. The smallest absolute Gasteiger partial charge is 0.0477 e. The van der Waals surface area contributed by atoms with Crippen LogP contribution in [0.4, 0.5) is 0 Å². The average Bonchev–Trinajstić information content (AvgIpc) is 2.98. The zero-order valence-corrected chi connectivity index (χ0v) is 13.5. The van der Waals surface area contributed by atoms with Gasteiger partial charge in [-0.05, 0) is 55.5 Å². The molecule has 1 unspecified atom stereocenters. The predicted octanol–water partition coefficient (Wildman–Crippen LogP) is 2.52. The summed E-state index contributed by atoms with van der Waals surface area (Å²) >= 11 is 1.80. The molecule has 1 aliphatic carbocycles. The number of nitrogens with zero attached hydrogens (tertiary/aromatic N) is 2. The van der Waals surface area contributed by atoms with E-state index in [0.717, 1.165) is 25.7 Å². The highest BCUT2D eigenvalue weighted by atomic mass is 32.1. The standard InChI is InChI=1S/C16H27N3S/c1-13(2)18-7-6-16(11-17,12-18)19(15-3-4-15)9-14-5-8-20-10-14/h5,8,10,13,15H,3-4,6-7,9,11-12,17H2,1-2H3. The van der Waals surface area contributed by atoms with E-state index in [1.165, 1.54) is 31.4 Å². The first-order valence-corrected chi connectivity index (χ1v) is 8.81. The van der Waals surface area contributed by atoms with E-state index in [0.29, 0.717) is 6.04 Å². The molecule has 1 saturated carbocycles. The fourth-order valence-electron chi connectivity index (χ4n) is 3.50. The van der Waals surface area contributed by atoms with Crippen molar-refractivity contribution in [3.63, 3.8) is 0 Å². The Bertz CT molecular complexity index is 427. The van der Waals surface area contributed by atoms with Gasteiger partial charge in [0.1, 0.15) is 0 Å². The summed E-state index contributed by atoms with van der Waals surface area (Å²) in [6.45, 7) is 8.80. The summed E-state index contributed by atoms with van der Waals surface area (Å²) in [5.74, 6) is 0. The zero-order chi connectivity index (χ0) is 14.2. The monoisotopic (exact) mass is 293 g/mol. The Labute approximate surface area is 126 Å². The van der Waals surface area contributed by atoms with Gasteiger partial charge in [-0.3, -0.25) is 9.80 Å². The second-order valence-corrected chi connectivity index (χ2v) is 7.51. The van der Waals surface area contributed by atoms with Gasteiger partial charge in [0.05, 0.1) is 0 Å². The first-order chi connectivity index (χ1) is 9.64. The molecule has 1 atom stereocenters. The van der Waals surface area contributed by atoms with E-state index in [1.54, 1.807) is 11.3 Å². The highest BCUT2D eigenvalue weighted by Crippen LogP contribution is 2.39. The molecule has 112 valence electrons. The molecule has 0 radical (unpaired) electrons. The summed E-state index contributed by atoms with van der Waals surface area (Å²) in [5.41, 5.74) is 7.92. The van der Waals surface area contributed by atoms with Crippen molar-refractivity contribution in [3.8, 4) is 0 Å². The molecule has 3 rings (SSSR count). The minimum absolute atomic E-state index is 0.202. The molecule has 1 aromatic heterocycles. The molecule has 0 amide bonds. The van der Waals surface area contributed by atoms with Crippen LogP contribution in [0, 0.1) is 0 Å². The van der Waals surface area contributed by atoms with Crippen molar-refractivity contribution < 1.29 is 0 Å². The van der Waals surface area contributed by atoms with E-state index in [4.69, 9.17) is 5.73 Å². The Morgan fingerprint density at radius 3 is 2.80 bits per heavy atom. The number of hydrogen-bond acceptors (Lipinski definition) is 4. The van der Waals surface area contributed by atoms with Crippen molar-refractivity contribution in [2.45, 2.75) is 57.3 Å². The van der Waals surface area contributed by atoms with Crippen LogP contribution in [-0.4, -0.2) is 47.1 Å². The third-order valence-corrected chi connectivity index (χ3v) is 5.73. The van der Waals surface area contributed by atoms with Gasteiger partial charge in [0.25, 0.3) is 0 Å². The summed E-state index contributed by atoms with van der Waals surface area (Å²) in [4.78, 5) is 5.33. The van der Waals surface area contributed by atoms with Crippen molar-refractivity contribution in [1.82, 2.24) is 9.80 Å². The highest BCUT2D eigenvalue weighted by Gasteiger charge is 2.47. The lowest BCUT2D eigenvalue weighted by Crippen LogP contribution is -2.56. The Morgan fingerprint density at radius 1 is 1.50 bits per heavy atom. The van der Waals surface area contributed by atoms with E-state index in [-0.39, 0.29) is 5.54 Å². The lowest BCUT2D eigenvalue weighted by Gasteiger charge is -2.41. The second-order valence-electron chi connectivity index (χ2n) is 6.73. The summed E-state index contributed by atoms with van der Waals surface area (Å²) < 4.78 is 0. The molecule has 4 heteroatoms. The molecule has 1 aliphatic heterocycles. The van der Waals surface area contributed by atoms with Gasteiger partial charge in [-0.1, -0.05) is 0 Å². The van der Waals surface area contributed by atoms with Crippen LogP contribution < -0.4 is 5.73 Å². The van der Waals surface area contributed by atoms with Crippen LogP contribution in [0.3, 0.4) is 0 Å². The van der Waals surface area contributed by atoms with E-state index in [1.807, 2.05) is 0 Å². The molecule has 2 heterocycles. The number of nitrogens with two attached hydrogens (primary N) is 1. The average molecular weight is 293 g/mol. The Balaban J connectivity index is 1.78. The van der Waals surface area contributed by atoms with Crippen molar-refractivity contribution in [2.24, 2.45) is 5.73 Å². The summed E-state index contributed by atoms with van der Waals surface area (Å²) in [6, 6.07) is 3.66. The maximum atomic E-state index is 6.26. The molecule has 2 N–H and O–H groups in total. The van der Waals surface area contributed by atoms with Crippen molar-refractivity contribution in [2.75, 3.05) is 19.6 Å². The van der Waals surface area contributed by atoms with Crippen molar-refractivity contribution in [3.05, 3.63) is 22.4 Å². The van der Waals surface area contributed by atoms with Gasteiger partial charge in [-0.15, -0.1) is 0 Å².